The van der Waals surface area contributed by atoms with Gasteiger partial charge in [-0.25, -0.2) is 8.78 Å². The lowest BCUT2D eigenvalue weighted by Gasteiger charge is -2.27. The van der Waals surface area contributed by atoms with E-state index in [1.54, 1.807) is 7.05 Å². The van der Waals surface area contributed by atoms with Crippen molar-refractivity contribution in [3.8, 4) is 0 Å². The smallest absolute Gasteiger partial charge is 0.272 e. The van der Waals surface area contributed by atoms with Crippen LogP contribution in [0.25, 0.3) is 0 Å². The van der Waals surface area contributed by atoms with Crippen molar-refractivity contribution in [3.05, 3.63) is 0 Å². The molecule has 2 saturated heterocycles. The lowest BCUT2D eigenvalue weighted by Crippen LogP contribution is -2.44. The van der Waals surface area contributed by atoms with Gasteiger partial charge in [0.2, 0.25) is 0 Å². The summed E-state index contributed by atoms with van der Waals surface area (Å²) in [7, 11) is 1.58. The molecular weight excluding hydrogens is 186 g/mol. The molecule has 14 heavy (non-hydrogen) atoms. The Morgan fingerprint density at radius 1 is 1.21 bits per heavy atom. The monoisotopic (exact) mass is 204 g/mol. The molecule has 0 saturated carbocycles. The second kappa shape index (κ2) is 3.74. The minimum absolute atomic E-state index is 0.0524. The minimum Gasteiger partial charge on any atom is -0.314 e. The van der Waals surface area contributed by atoms with E-state index in [0.29, 0.717) is 12.1 Å². The summed E-state index contributed by atoms with van der Waals surface area (Å²) >= 11 is 0. The fourth-order valence-electron chi connectivity index (χ4n) is 2.86. The first-order chi connectivity index (χ1) is 6.62. The third-order valence-corrected chi connectivity index (χ3v) is 3.45. The van der Waals surface area contributed by atoms with Crippen molar-refractivity contribution in [3.63, 3.8) is 0 Å². The van der Waals surface area contributed by atoms with E-state index in [1.165, 1.54) is 0 Å². The highest BCUT2D eigenvalue weighted by atomic mass is 19.3. The molecule has 0 aromatic rings. The standard InChI is InChI=1S/C10H18F2N2/c1-13-6-10(11,12)7-14-8-2-3-9(14)5-4-8/h8-9,13H,2-7H2,1H3. The van der Waals surface area contributed by atoms with E-state index in [9.17, 15) is 8.78 Å². The van der Waals surface area contributed by atoms with E-state index in [4.69, 9.17) is 0 Å². The van der Waals surface area contributed by atoms with Gasteiger partial charge in [0.15, 0.2) is 0 Å². The molecule has 0 amide bonds. The summed E-state index contributed by atoms with van der Waals surface area (Å²) < 4.78 is 26.7. The highest BCUT2D eigenvalue weighted by Crippen LogP contribution is 2.38. The number of alkyl halides is 2. The maximum atomic E-state index is 13.3. The third kappa shape index (κ3) is 1.91. The van der Waals surface area contributed by atoms with Crippen LogP contribution in [0.4, 0.5) is 8.78 Å². The Morgan fingerprint density at radius 2 is 1.71 bits per heavy atom. The average Bonchev–Trinajstić information content (AvgIpc) is 2.64. The zero-order valence-corrected chi connectivity index (χ0v) is 8.60. The van der Waals surface area contributed by atoms with E-state index < -0.39 is 5.92 Å². The van der Waals surface area contributed by atoms with Gasteiger partial charge in [0, 0.05) is 12.1 Å². The summed E-state index contributed by atoms with van der Waals surface area (Å²) in [6, 6.07) is 0.894. The van der Waals surface area contributed by atoms with Gasteiger partial charge in [-0.15, -0.1) is 0 Å². The molecule has 4 heteroatoms. The summed E-state index contributed by atoms with van der Waals surface area (Å²) in [6.07, 6.45) is 4.50. The molecule has 2 aliphatic rings. The predicted octanol–water partition coefficient (Wildman–Crippen LogP) is 1.47. The Balaban J connectivity index is 1.91. The molecule has 2 rings (SSSR count). The first-order valence-corrected chi connectivity index (χ1v) is 5.40. The highest BCUT2D eigenvalue weighted by molar-refractivity contribution is 4.96. The average molecular weight is 204 g/mol. The molecule has 2 fully saturated rings. The molecule has 2 bridgehead atoms. The van der Waals surface area contributed by atoms with E-state index in [2.05, 4.69) is 5.32 Å². The first-order valence-electron chi connectivity index (χ1n) is 5.40. The number of fused-ring (bicyclic) bond motifs is 2. The largest absolute Gasteiger partial charge is 0.314 e. The molecule has 0 aromatic heterocycles. The van der Waals surface area contributed by atoms with E-state index in [1.807, 2.05) is 4.90 Å². The van der Waals surface area contributed by atoms with Gasteiger partial charge in [-0.1, -0.05) is 0 Å². The van der Waals surface area contributed by atoms with Crippen LogP contribution >= 0.6 is 0 Å². The molecule has 0 aliphatic carbocycles. The second-order valence-electron chi connectivity index (χ2n) is 4.52. The zero-order valence-electron chi connectivity index (χ0n) is 8.60. The molecule has 2 heterocycles. The van der Waals surface area contributed by atoms with Crippen LogP contribution in [0.3, 0.4) is 0 Å². The van der Waals surface area contributed by atoms with Crippen molar-refractivity contribution in [2.24, 2.45) is 0 Å². The van der Waals surface area contributed by atoms with Gasteiger partial charge in [0.1, 0.15) is 0 Å². The molecule has 0 spiro atoms. The molecule has 0 aromatic carbocycles. The van der Waals surface area contributed by atoms with Gasteiger partial charge in [-0.2, -0.15) is 0 Å². The van der Waals surface area contributed by atoms with Crippen LogP contribution in [-0.2, 0) is 0 Å². The molecule has 82 valence electrons. The fourth-order valence-corrected chi connectivity index (χ4v) is 2.86. The molecule has 0 atom stereocenters. The maximum Gasteiger partial charge on any atom is 0.272 e. The molecule has 0 unspecified atom stereocenters. The molecule has 2 nitrogen and oxygen atoms in total. The lowest BCUT2D eigenvalue weighted by atomic mass is 10.0. The van der Waals surface area contributed by atoms with Crippen LogP contribution in [0.15, 0.2) is 0 Å². The maximum absolute atomic E-state index is 13.3. The van der Waals surface area contributed by atoms with Crippen LogP contribution in [0.2, 0.25) is 0 Å². The Morgan fingerprint density at radius 3 is 2.14 bits per heavy atom. The molecule has 1 N–H and O–H groups in total. The van der Waals surface area contributed by atoms with Crippen molar-refractivity contribution >= 4 is 0 Å². The zero-order chi connectivity index (χ0) is 10.2. The quantitative estimate of drug-likeness (QED) is 0.746. The summed E-state index contributed by atoms with van der Waals surface area (Å²) in [4.78, 5) is 2.03. The van der Waals surface area contributed by atoms with Crippen LogP contribution in [-0.4, -0.2) is 43.0 Å². The SMILES string of the molecule is CNCC(F)(F)CN1C2CCC1CC2. The van der Waals surface area contributed by atoms with Crippen LogP contribution < -0.4 is 5.32 Å². The summed E-state index contributed by atoms with van der Waals surface area (Å²) in [6.45, 7) is -0.258. The van der Waals surface area contributed by atoms with Crippen LogP contribution in [0.5, 0.6) is 0 Å². The minimum atomic E-state index is -2.57. The number of halogens is 2. The Hall–Kier alpha value is -0.220. The van der Waals surface area contributed by atoms with Crippen molar-refractivity contribution in [2.45, 2.75) is 43.7 Å². The number of nitrogens with zero attached hydrogens (tertiary/aromatic N) is 1. The molecule has 0 radical (unpaired) electrons. The van der Waals surface area contributed by atoms with Crippen molar-refractivity contribution in [1.29, 1.82) is 0 Å². The van der Waals surface area contributed by atoms with Gasteiger partial charge in [-0.3, -0.25) is 4.90 Å². The normalized spacial score (nSPS) is 32.8. The van der Waals surface area contributed by atoms with Crippen molar-refractivity contribution in [1.82, 2.24) is 10.2 Å². The van der Waals surface area contributed by atoms with Gasteiger partial charge < -0.3 is 5.32 Å². The van der Waals surface area contributed by atoms with Gasteiger partial charge in [-0.05, 0) is 32.7 Å². The first kappa shape index (κ1) is 10.3. The number of nitrogens with one attached hydrogen (secondary N) is 1. The molecule has 2 aliphatic heterocycles. The summed E-state index contributed by atoms with van der Waals surface area (Å²) in [5.41, 5.74) is 0. The topological polar surface area (TPSA) is 15.3 Å². The number of hydrogen-bond acceptors (Lipinski definition) is 2. The van der Waals surface area contributed by atoms with E-state index >= 15 is 0 Å². The van der Waals surface area contributed by atoms with Crippen LogP contribution in [0.1, 0.15) is 25.7 Å². The van der Waals surface area contributed by atoms with Gasteiger partial charge in [0.25, 0.3) is 5.92 Å². The predicted molar refractivity (Wildman–Crippen MR) is 51.6 cm³/mol. The van der Waals surface area contributed by atoms with Crippen LogP contribution in [0, 0.1) is 0 Å². The number of rotatable bonds is 4. The van der Waals surface area contributed by atoms with E-state index in [-0.39, 0.29) is 13.1 Å². The fraction of sp³-hybridized carbons (Fsp3) is 1.00. The van der Waals surface area contributed by atoms with Crippen molar-refractivity contribution < 1.29 is 8.78 Å². The second-order valence-corrected chi connectivity index (χ2v) is 4.52. The Kier molecular flexibility index (Phi) is 2.75. The Bertz CT molecular complexity index is 188. The molecular formula is C10H18F2N2. The lowest BCUT2D eigenvalue weighted by molar-refractivity contribution is -0.0335. The summed E-state index contributed by atoms with van der Waals surface area (Å²) in [5.74, 6) is -2.57. The van der Waals surface area contributed by atoms with Gasteiger partial charge >= 0.3 is 0 Å². The highest BCUT2D eigenvalue weighted by Gasteiger charge is 2.44. The summed E-state index contributed by atoms with van der Waals surface area (Å²) in [5, 5.41) is 2.56. The van der Waals surface area contributed by atoms with Gasteiger partial charge in [0.05, 0.1) is 13.1 Å². The Labute approximate surface area is 83.7 Å². The van der Waals surface area contributed by atoms with Crippen molar-refractivity contribution in [2.75, 3.05) is 20.1 Å². The number of hydrogen-bond donors (Lipinski definition) is 1. The van der Waals surface area contributed by atoms with E-state index in [0.717, 1.165) is 25.7 Å². The third-order valence-electron chi connectivity index (χ3n) is 3.45.